The molecule has 5 nitrogen and oxygen atoms in total. The minimum absolute atomic E-state index is 0.0230. The Morgan fingerprint density at radius 2 is 1.94 bits per heavy atom. The highest BCUT2D eigenvalue weighted by Gasteiger charge is 2.33. The largest absolute Gasteiger partial charge is 0.491 e. The molecule has 0 saturated carbocycles. The van der Waals surface area contributed by atoms with E-state index in [1.807, 2.05) is 18.4 Å². The first-order valence-electron chi connectivity index (χ1n) is 11.3. The topological polar surface area (TPSA) is 49.9 Å². The van der Waals surface area contributed by atoms with Gasteiger partial charge in [-0.15, -0.1) is 11.3 Å². The molecule has 8 heteroatoms. The van der Waals surface area contributed by atoms with Gasteiger partial charge in [0, 0.05) is 23.0 Å². The minimum atomic E-state index is -0.587. The van der Waals surface area contributed by atoms with Crippen LogP contribution in [0.2, 0.25) is 5.02 Å². The molecule has 1 aliphatic rings. The zero-order valence-electron chi connectivity index (χ0n) is 18.9. The number of amides is 2. The summed E-state index contributed by atoms with van der Waals surface area (Å²) in [5.41, 5.74) is 1.05. The first kappa shape index (κ1) is 24.2. The van der Waals surface area contributed by atoms with E-state index in [9.17, 15) is 14.0 Å². The van der Waals surface area contributed by atoms with Crippen LogP contribution in [0.4, 0.5) is 4.39 Å². The van der Waals surface area contributed by atoms with Crippen LogP contribution < -0.4 is 4.74 Å². The van der Waals surface area contributed by atoms with E-state index >= 15 is 0 Å². The van der Waals surface area contributed by atoms with Crippen molar-refractivity contribution in [3.63, 3.8) is 0 Å². The number of ether oxygens (including phenoxy) is 1. The van der Waals surface area contributed by atoms with Crippen molar-refractivity contribution in [1.29, 1.82) is 0 Å². The Morgan fingerprint density at radius 1 is 1.18 bits per heavy atom. The van der Waals surface area contributed by atoms with E-state index in [1.165, 1.54) is 21.9 Å². The van der Waals surface area contributed by atoms with Gasteiger partial charge in [0.1, 0.15) is 24.7 Å². The molecule has 0 bridgehead atoms. The highest BCUT2D eigenvalue weighted by atomic mass is 35.5. The van der Waals surface area contributed by atoms with E-state index in [2.05, 4.69) is 0 Å². The second kappa shape index (κ2) is 11.0. The molecule has 4 rings (SSSR count). The van der Waals surface area contributed by atoms with Crippen LogP contribution in [0.3, 0.4) is 0 Å². The maximum atomic E-state index is 14.2. The van der Waals surface area contributed by atoms with Crippen molar-refractivity contribution in [2.45, 2.75) is 25.8 Å². The van der Waals surface area contributed by atoms with E-state index in [4.69, 9.17) is 16.3 Å². The molecule has 1 atom stereocenters. The number of halogens is 2. The van der Waals surface area contributed by atoms with E-state index in [1.54, 1.807) is 52.6 Å². The zero-order valence-corrected chi connectivity index (χ0v) is 20.4. The highest BCUT2D eigenvalue weighted by molar-refractivity contribution is 7.10. The third-order valence-corrected chi connectivity index (χ3v) is 7.10. The second-order valence-electron chi connectivity index (χ2n) is 8.12. The van der Waals surface area contributed by atoms with E-state index in [-0.39, 0.29) is 30.7 Å². The first-order valence-corrected chi connectivity index (χ1v) is 12.5. The van der Waals surface area contributed by atoms with Gasteiger partial charge in [0.2, 0.25) is 5.91 Å². The maximum absolute atomic E-state index is 14.2. The fourth-order valence-electron chi connectivity index (χ4n) is 4.16. The van der Waals surface area contributed by atoms with Crippen molar-refractivity contribution in [1.82, 2.24) is 9.80 Å². The quantitative estimate of drug-likeness (QED) is 0.404. The standard InChI is InChI=1S/C26H26ClFN2O3S/c1-2-13-29(26(32)20-5-3-4-6-22(20)28)16-25(31)30-14-11-24-21(12-15-34-24)23(30)17-33-19-9-7-18(27)8-10-19/h3-10,12,15,23H,2,11,13-14,16-17H2,1H3/t23-/m0/s1. The molecule has 0 saturated heterocycles. The minimum Gasteiger partial charge on any atom is -0.491 e. The Balaban J connectivity index is 1.52. The Morgan fingerprint density at radius 3 is 2.68 bits per heavy atom. The molecule has 2 amide bonds. The van der Waals surface area contributed by atoms with Gasteiger partial charge < -0.3 is 14.5 Å². The molecule has 0 spiro atoms. The van der Waals surface area contributed by atoms with Crippen molar-refractivity contribution in [2.75, 3.05) is 26.2 Å². The third kappa shape index (κ3) is 5.42. The Bertz CT molecular complexity index is 1150. The summed E-state index contributed by atoms with van der Waals surface area (Å²) >= 11 is 7.64. The molecule has 1 aliphatic heterocycles. The monoisotopic (exact) mass is 500 g/mol. The second-order valence-corrected chi connectivity index (χ2v) is 9.56. The van der Waals surface area contributed by atoms with Crippen LogP contribution in [0.5, 0.6) is 5.75 Å². The molecule has 178 valence electrons. The normalized spacial score (nSPS) is 15.0. The van der Waals surface area contributed by atoms with Gasteiger partial charge in [0.15, 0.2) is 0 Å². The Labute approximate surface area is 207 Å². The number of carbonyl (C=O) groups is 2. The highest BCUT2D eigenvalue weighted by Crippen LogP contribution is 2.34. The molecule has 0 aliphatic carbocycles. The fraction of sp³-hybridized carbons (Fsp3) is 0.308. The lowest BCUT2D eigenvalue weighted by Crippen LogP contribution is -2.48. The van der Waals surface area contributed by atoms with Gasteiger partial charge in [-0.25, -0.2) is 4.39 Å². The number of hydrogen-bond acceptors (Lipinski definition) is 4. The lowest BCUT2D eigenvalue weighted by Gasteiger charge is -2.37. The third-order valence-electron chi connectivity index (χ3n) is 5.85. The fourth-order valence-corrected chi connectivity index (χ4v) is 5.22. The molecule has 0 unspecified atom stereocenters. The van der Waals surface area contributed by atoms with Gasteiger partial charge in [0.25, 0.3) is 5.91 Å². The van der Waals surface area contributed by atoms with Crippen LogP contribution >= 0.6 is 22.9 Å². The molecular weight excluding hydrogens is 475 g/mol. The van der Waals surface area contributed by atoms with Crippen molar-refractivity contribution >= 4 is 34.8 Å². The lowest BCUT2D eigenvalue weighted by atomic mass is 10.0. The molecule has 0 fully saturated rings. The van der Waals surface area contributed by atoms with Gasteiger partial charge in [-0.3, -0.25) is 9.59 Å². The first-order chi connectivity index (χ1) is 16.5. The molecule has 2 heterocycles. The average Bonchev–Trinajstić information content (AvgIpc) is 3.32. The summed E-state index contributed by atoms with van der Waals surface area (Å²) in [6, 6.07) is 14.7. The molecule has 0 N–H and O–H groups in total. The lowest BCUT2D eigenvalue weighted by molar-refractivity contribution is -0.135. The van der Waals surface area contributed by atoms with Gasteiger partial charge in [-0.2, -0.15) is 0 Å². The Hall–Kier alpha value is -2.90. The van der Waals surface area contributed by atoms with Crippen LogP contribution in [-0.2, 0) is 11.2 Å². The number of benzene rings is 2. The van der Waals surface area contributed by atoms with Crippen molar-refractivity contribution in [3.05, 3.63) is 86.8 Å². The summed E-state index contributed by atoms with van der Waals surface area (Å²) in [5, 5.41) is 2.65. The summed E-state index contributed by atoms with van der Waals surface area (Å²) < 4.78 is 20.3. The summed E-state index contributed by atoms with van der Waals surface area (Å²) in [4.78, 5) is 31.0. The Kier molecular flexibility index (Phi) is 7.85. The van der Waals surface area contributed by atoms with Crippen molar-refractivity contribution in [3.8, 4) is 5.75 Å². The summed E-state index contributed by atoms with van der Waals surface area (Å²) in [5.74, 6) is -0.576. The van der Waals surface area contributed by atoms with Crippen LogP contribution in [0.15, 0.2) is 60.0 Å². The maximum Gasteiger partial charge on any atom is 0.257 e. The number of hydrogen-bond donors (Lipinski definition) is 0. The van der Waals surface area contributed by atoms with Crippen molar-refractivity contribution in [2.24, 2.45) is 0 Å². The van der Waals surface area contributed by atoms with Crippen LogP contribution in [0, 0.1) is 5.82 Å². The molecule has 1 aromatic heterocycles. The van der Waals surface area contributed by atoms with E-state index < -0.39 is 11.7 Å². The van der Waals surface area contributed by atoms with Crippen LogP contribution in [-0.4, -0.2) is 47.9 Å². The van der Waals surface area contributed by atoms with E-state index in [0.717, 1.165) is 12.0 Å². The van der Waals surface area contributed by atoms with Crippen molar-refractivity contribution < 1.29 is 18.7 Å². The predicted octanol–water partition coefficient (Wildman–Crippen LogP) is 5.60. The SMILES string of the molecule is CCCN(CC(=O)N1CCc2sccc2[C@@H]1COc1ccc(Cl)cc1)C(=O)c1ccccc1F. The molecule has 3 aromatic rings. The molecule has 34 heavy (non-hydrogen) atoms. The predicted molar refractivity (Wildman–Crippen MR) is 132 cm³/mol. The summed E-state index contributed by atoms with van der Waals surface area (Å²) in [6.07, 6.45) is 1.41. The summed E-state index contributed by atoms with van der Waals surface area (Å²) in [7, 11) is 0. The number of carbonyl (C=O) groups excluding carboxylic acids is 2. The number of thiophene rings is 1. The van der Waals surface area contributed by atoms with Gasteiger partial charge in [-0.05, 0) is 66.2 Å². The smallest absolute Gasteiger partial charge is 0.257 e. The average molecular weight is 501 g/mol. The molecule has 2 aromatic carbocycles. The number of nitrogens with zero attached hydrogens (tertiary/aromatic N) is 2. The molecule has 0 radical (unpaired) electrons. The van der Waals surface area contributed by atoms with E-state index in [0.29, 0.717) is 30.3 Å². The number of fused-ring (bicyclic) bond motifs is 1. The zero-order chi connectivity index (χ0) is 24.1. The van der Waals surface area contributed by atoms with Gasteiger partial charge in [-0.1, -0.05) is 30.7 Å². The molecular formula is C26H26ClFN2O3S. The van der Waals surface area contributed by atoms with Gasteiger partial charge in [0.05, 0.1) is 11.6 Å². The van der Waals surface area contributed by atoms with Gasteiger partial charge >= 0.3 is 0 Å². The summed E-state index contributed by atoms with van der Waals surface area (Å²) in [6.45, 7) is 2.99. The van der Waals surface area contributed by atoms with Crippen LogP contribution in [0.25, 0.3) is 0 Å². The van der Waals surface area contributed by atoms with Crippen LogP contribution in [0.1, 0.15) is 40.2 Å². The number of rotatable bonds is 8.